The number of ether oxygens (including phenoxy) is 1. The number of fused-ring (bicyclic) bond motifs is 1. The van der Waals surface area contributed by atoms with Crippen molar-refractivity contribution < 1.29 is 4.74 Å². The van der Waals surface area contributed by atoms with Gasteiger partial charge in [0, 0.05) is 25.8 Å². The Morgan fingerprint density at radius 3 is 2.61 bits per heavy atom. The number of aryl methyl sites for hydroxylation is 1. The Morgan fingerprint density at radius 2 is 1.93 bits per heavy atom. The maximum absolute atomic E-state index is 6.28. The molecule has 0 bridgehead atoms. The summed E-state index contributed by atoms with van der Waals surface area (Å²) < 4.78 is 7.02. The second kappa shape index (κ2) is 7.47. The van der Waals surface area contributed by atoms with Crippen molar-refractivity contribution in [3.63, 3.8) is 0 Å². The number of nitrogens with one attached hydrogen (secondary N) is 1. The minimum Gasteiger partial charge on any atom is -0.495 e. The predicted octanol–water partition coefficient (Wildman–Crippen LogP) is 4.25. The summed E-state index contributed by atoms with van der Waals surface area (Å²) in [5.41, 5.74) is 1.64. The van der Waals surface area contributed by atoms with E-state index in [4.69, 9.17) is 26.3 Å². The lowest BCUT2D eigenvalue weighted by Gasteiger charge is -2.35. The second-order valence-corrected chi connectivity index (χ2v) is 8.11. The standard InChI is InChI=1S/C20H25ClN6O/c1-12-7-13(2)11-27(10-12)20-24-18(15-9-22-26(3)19(15)25-20)23-14-5-6-17(28-4)16(21)8-14/h5-6,8-9,12-13H,7,10-11H2,1-4H3,(H,23,24,25)/t12-,13-/m1/s1. The van der Waals surface area contributed by atoms with Gasteiger partial charge in [-0.15, -0.1) is 0 Å². The first-order chi connectivity index (χ1) is 13.4. The molecule has 1 aliphatic heterocycles. The molecule has 3 aromatic rings. The molecule has 1 N–H and O–H groups in total. The molecule has 0 saturated carbocycles. The molecule has 1 aliphatic rings. The minimum atomic E-state index is 0.544. The molecule has 0 radical (unpaired) electrons. The van der Waals surface area contributed by atoms with Crippen LogP contribution in [0, 0.1) is 11.8 Å². The van der Waals surface area contributed by atoms with E-state index in [1.165, 1.54) is 6.42 Å². The SMILES string of the molecule is COc1ccc(Nc2nc(N3C[C@H](C)C[C@@H](C)C3)nc3c2cnn3C)cc1Cl. The molecule has 0 spiro atoms. The fourth-order valence-electron chi connectivity index (χ4n) is 3.95. The van der Waals surface area contributed by atoms with Gasteiger partial charge < -0.3 is 15.0 Å². The van der Waals surface area contributed by atoms with Crippen LogP contribution < -0.4 is 15.0 Å². The van der Waals surface area contributed by atoms with E-state index in [9.17, 15) is 0 Å². The third-order valence-corrected chi connectivity index (χ3v) is 5.44. The van der Waals surface area contributed by atoms with E-state index in [2.05, 4.69) is 29.2 Å². The van der Waals surface area contributed by atoms with Crippen LogP contribution in [-0.4, -0.2) is 39.9 Å². The van der Waals surface area contributed by atoms with Gasteiger partial charge in [-0.2, -0.15) is 15.1 Å². The van der Waals surface area contributed by atoms with Crippen LogP contribution in [0.1, 0.15) is 20.3 Å². The smallest absolute Gasteiger partial charge is 0.229 e. The zero-order chi connectivity index (χ0) is 19.8. The quantitative estimate of drug-likeness (QED) is 0.706. The van der Waals surface area contributed by atoms with Crippen molar-refractivity contribution in [1.29, 1.82) is 0 Å². The maximum atomic E-state index is 6.28. The van der Waals surface area contributed by atoms with E-state index < -0.39 is 0 Å². The molecule has 1 saturated heterocycles. The Labute approximate surface area is 169 Å². The molecular formula is C20H25ClN6O. The molecule has 2 aromatic heterocycles. The molecule has 148 valence electrons. The topological polar surface area (TPSA) is 68.1 Å². The predicted molar refractivity (Wildman–Crippen MR) is 113 cm³/mol. The molecule has 2 atom stereocenters. The van der Waals surface area contributed by atoms with Gasteiger partial charge in [0.25, 0.3) is 0 Å². The number of benzene rings is 1. The van der Waals surface area contributed by atoms with Crippen molar-refractivity contribution in [2.45, 2.75) is 20.3 Å². The van der Waals surface area contributed by atoms with Crippen molar-refractivity contribution in [3.8, 4) is 5.75 Å². The molecule has 0 amide bonds. The number of nitrogens with zero attached hydrogens (tertiary/aromatic N) is 5. The number of rotatable bonds is 4. The number of hydrogen-bond donors (Lipinski definition) is 1. The van der Waals surface area contributed by atoms with E-state index in [-0.39, 0.29) is 0 Å². The molecule has 0 unspecified atom stereocenters. The summed E-state index contributed by atoms with van der Waals surface area (Å²) in [4.78, 5) is 11.9. The van der Waals surface area contributed by atoms with Crippen molar-refractivity contribution in [2.24, 2.45) is 18.9 Å². The summed E-state index contributed by atoms with van der Waals surface area (Å²) in [6.45, 7) is 6.48. The van der Waals surface area contributed by atoms with Crippen LogP contribution in [0.15, 0.2) is 24.4 Å². The average molecular weight is 401 g/mol. The van der Waals surface area contributed by atoms with Crippen LogP contribution in [0.5, 0.6) is 5.75 Å². The van der Waals surface area contributed by atoms with Gasteiger partial charge in [0.05, 0.1) is 23.7 Å². The van der Waals surface area contributed by atoms with Gasteiger partial charge in [0.2, 0.25) is 5.95 Å². The highest BCUT2D eigenvalue weighted by atomic mass is 35.5. The third-order valence-electron chi connectivity index (χ3n) is 5.15. The van der Waals surface area contributed by atoms with Crippen LogP contribution in [0.25, 0.3) is 11.0 Å². The van der Waals surface area contributed by atoms with Gasteiger partial charge in [-0.05, 0) is 36.5 Å². The largest absolute Gasteiger partial charge is 0.495 e. The number of halogens is 1. The summed E-state index contributed by atoms with van der Waals surface area (Å²) in [6, 6.07) is 5.58. The molecular weight excluding hydrogens is 376 g/mol. The van der Waals surface area contributed by atoms with Gasteiger partial charge in [-0.1, -0.05) is 25.4 Å². The molecule has 7 nitrogen and oxygen atoms in total. The first-order valence-electron chi connectivity index (χ1n) is 9.50. The molecule has 0 aliphatic carbocycles. The van der Waals surface area contributed by atoms with Crippen LogP contribution >= 0.6 is 11.6 Å². The Hall–Kier alpha value is -2.54. The molecule has 4 rings (SSSR count). The van der Waals surface area contributed by atoms with Gasteiger partial charge in [-0.3, -0.25) is 4.68 Å². The Kier molecular flexibility index (Phi) is 5.02. The van der Waals surface area contributed by atoms with E-state index in [1.54, 1.807) is 18.0 Å². The van der Waals surface area contributed by atoms with Gasteiger partial charge in [0.15, 0.2) is 5.65 Å². The minimum absolute atomic E-state index is 0.544. The monoisotopic (exact) mass is 400 g/mol. The second-order valence-electron chi connectivity index (χ2n) is 7.70. The summed E-state index contributed by atoms with van der Waals surface area (Å²) >= 11 is 6.28. The average Bonchev–Trinajstić information content (AvgIpc) is 3.02. The molecule has 1 fully saturated rings. The summed E-state index contributed by atoms with van der Waals surface area (Å²) in [5, 5.41) is 9.17. The van der Waals surface area contributed by atoms with Crippen molar-refractivity contribution >= 4 is 40.1 Å². The fraction of sp³-hybridized carbons (Fsp3) is 0.450. The highest BCUT2D eigenvalue weighted by Crippen LogP contribution is 2.32. The van der Waals surface area contributed by atoms with Crippen LogP contribution in [-0.2, 0) is 7.05 Å². The lowest BCUT2D eigenvalue weighted by molar-refractivity contribution is 0.354. The first kappa shape index (κ1) is 18.8. The fourth-order valence-corrected chi connectivity index (χ4v) is 4.21. The van der Waals surface area contributed by atoms with E-state index in [0.29, 0.717) is 22.6 Å². The highest BCUT2D eigenvalue weighted by molar-refractivity contribution is 6.32. The Balaban J connectivity index is 1.74. The van der Waals surface area contributed by atoms with Gasteiger partial charge in [-0.25, -0.2) is 0 Å². The Morgan fingerprint density at radius 1 is 1.18 bits per heavy atom. The van der Waals surface area contributed by atoms with Crippen molar-refractivity contribution in [2.75, 3.05) is 30.4 Å². The lowest BCUT2D eigenvalue weighted by atomic mass is 9.92. The normalized spacial score (nSPS) is 19.8. The first-order valence-corrected chi connectivity index (χ1v) is 9.87. The number of anilines is 3. The third kappa shape index (κ3) is 3.58. The highest BCUT2D eigenvalue weighted by Gasteiger charge is 2.25. The summed E-state index contributed by atoms with van der Waals surface area (Å²) in [5.74, 6) is 3.33. The van der Waals surface area contributed by atoms with E-state index in [1.807, 2.05) is 25.2 Å². The molecule has 3 heterocycles. The van der Waals surface area contributed by atoms with Gasteiger partial charge in [0.1, 0.15) is 11.6 Å². The number of piperidine rings is 1. The summed E-state index contributed by atoms with van der Waals surface area (Å²) in [7, 11) is 3.50. The van der Waals surface area contributed by atoms with Crippen LogP contribution in [0.2, 0.25) is 5.02 Å². The van der Waals surface area contributed by atoms with E-state index in [0.717, 1.165) is 41.6 Å². The molecule has 28 heavy (non-hydrogen) atoms. The Bertz CT molecular complexity index is 994. The lowest BCUT2D eigenvalue weighted by Crippen LogP contribution is -2.39. The number of aromatic nitrogens is 4. The zero-order valence-electron chi connectivity index (χ0n) is 16.6. The maximum Gasteiger partial charge on any atom is 0.229 e. The van der Waals surface area contributed by atoms with Crippen LogP contribution in [0.3, 0.4) is 0 Å². The van der Waals surface area contributed by atoms with Crippen molar-refractivity contribution in [1.82, 2.24) is 19.7 Å². The summed E-state index contributed by atoms with van der Waals surface area (Å²) in [6.07, 6.45) is 3.02. The van der Waals surface area contributed by atoms with Gasteiger partial charge >= 0.3 is 0 Å². The molecule has 1 aromatic carbocycles. The zero-order valence-corrected chi connectivity index (χ0v) is 17.4. The number of methoxy groups -OCH3 is 1. The van der Waals surface area contributed by atoms with Crippen molar-refractivity contribution in [3.05, 3.63) is 29.4 Å². The van der Waals surface area contributed by atoms with E-state index >= 15 is 0 Å². The van der Waals surface area contributed by atoms with Crippen LogP contribution in [0.4, 0.5) is 17.5 Å². The molecule has 8 heteroatoms. The number of hydrogen-bond acceptors (Lipinski definition) is 6.